The van der Waals surface area contributed by atoms with Crippen molar-refractivity contribution in [2.45, 2.75) is 121 Å². The fourth-order valence-corrected chi connectivity index (χ4v) is 4.22. The number of aliphatic hydroxyl groups excluding tert-OH is 1. The van der Waals surface area contributed by atoms with Crippen molar-refractivity contribution in [2.75, 3.05) is 6.61 Å². The van der Waals surface area contributed by atoms with Crippen LogP contribution in [-0.2, 0) is 10.1 Å². The van der Waals surface area contributed by atoms with Crippen molar-refractivity contribution < 1.29 is 47.6 Å². The van der Waals surface area contributed by atoms with Gasteiger partial charge in [-0.15, -0.1) is 0 Å². The van der Waals surface area contributed by atoms with E-state index < -0.39 is 15.4 Å². The summed E-state index contributed by atoms with van der Waals surface area (Å²) in [7, 11) is -4.14. The van der Waals surface area contributed by atoms with E-state index in [1.165, 1.54) is 44.9 Å². The van der Waals surface area contributed by atoms with Crippen molar-refractivity contribution in [1.82, 2.24) is 0 Å². The first-order chi connectivity index (χ1) is 12.0. The second kappa shape index (κ2) is 20.6. The molecule has 0 aliphatic rings. The van der Waals surface area contributed by atoms with Gasteiger partial charge in [-0.3, -0.25) is 0 Å². The van der Waals surface area contributed by atoms with Crippen molar-refractivity contribution >= 4 is 10.1 Å². The van der Waals surface area contributed by atoms with Crippen molar-refractivity contribution in [1.29, 1.82) is 0 Å². The Morgan fingerprint density at radius 3 is 1.38 bits per heavy atom. The first-order valence-corrected chi connectivity index (χ1v) is 12.0. The Bertz CT molecular complexity index is 374. The minimum atomic E-state index is -4.14. The van der Waals surface area contributed by atoms with E-state index in [9.17, 15) is 13.0 Å². The molecule has 1 N–H and O–H groups in total. The molecule has 0 saturated heterocycles. The molecule has 4 nitrogen and oxygen atoms in total. The molecule has 0 amide bonds. The maximum absolute atomic E-state index is 11.4. The molecule has 26 heavy (non-hydrogen) atoms. The van der Waals surface area contributed by atoms with E-state index in [2.05, 4.69) is 6.92 Å². The molecule has 0 aliphatic heterocycles. The van der Waals surface area contributed by atoms with Crippen LogP contribution in [0.1, 0.15) is 116 Å². The van der Waals surface area contributed by atoms with E-state index in [0.717, 1.165) is 51.4 Å². The quantitative estimate of drug-likeness (QED) is 0.205. The predicted molar refractivity (Wildman–Crippen MR) is 105 cm³/mol. The van der Waals surface area contributed by atoms with Crippen molar-refractivity contribution in [3.63, 3.8) is 0 Å². The van der Waals surface area contributed by atoms with Gasteiger partial charge in [-0.2, -0.15) is 0 Å². The van der Waals surface area contributed by atoms with Crippen molar-refractivity contribution in [3.05, 3.63) is 0 Å². The zero-order valence-corrected chi connectivity index (χ0v) is 20.2. The molecule has 0 aromatic heterocycles. The summed E-state index contributed by atoms with van der Waals surface area (Å²) in [6.45, 7) is 2.46. The Balaban J connectivity index is 0. The first kappa shape index (κ1) is 29.1. The summed E-state index contributed by atoms with van der Waals surface area (Å²) >= 11 is 0. The molecule has 1 atom stereocenters. The van der Waals surface area contributed by atoms with E-state index in [1.54, 1.807) is 0 Å². The Morgan fingerprint density at radius 1 is 0.692 bits per heavy atom. The topological polar surface area (TPSA) is 77.4 Å². The molecule has 0 fully saturated rings. The van der Waals surface area contributed by atoms with E-state index >= 15 is 0 Å². The van der Waals surface area contributed by atoms with E-state index in [-0.39, 0.29) is 29.6 Å². The molecule has 152 valence electrons. The molecule has 0 aliphatic carbocycles. The van der Waals surface area contributed by atoms with Crippen molar-refractivity contribution in [3.8, 4) is 0 Å². The van der Waals surface area contributed by atoms with Crippen LogP contribution in [-0.4, -0.2) is 29.9 Å². The molecular formula is C20H41NaO4S. The number of unbranched alkanes of at least 4 members (excludes halogenated alkanes) is 13. The second-order valence-electron chi connectivity index (χ2n) is 7.37. The van der Waals surface area contributed by atoms with Crippen LogP contribution in [0.4, 0.5) is 0 Å². The minimum absolute atomic E-state index is 0. The molecule has 6 heteroatoms. The molecule has 0 radical (unpaired) electrons. The van der Waals surface area contributed by atoms with Crippen LogP contribution >= 0.6 is 0 Å². The Kier molecular flexibility index (Phi) is 23.0. The zero-order valence-electron chi connectivity index (χ0n) is 17.4. The molecule has 0 aromatic carbocycles. The Labute approximate surface area is 185 Å². The summed E-state index contributed by atoms with van der Waals surface area (Å²) in [5, 5.41) is 8.04. The molecule has 0 spiro atoms. The Morgan fingerprint density at radius 2 is 1.04 bits per heavy atom. The number of aliphatic hydroxyl groups is 1. The monoisotopic (exact) mass is 400 g/mol. The van der Waals surface area contributed by atoms with Crippen LogP contribution < -0.4 is 29.6 Å². The summed E-state index contributed by atoms with van der Waals surface area (Å²) in [6.07, 6.45) is 17.7. The number of hydrogen-bond acceptors (Lipinski definition) is 4. The first-order valence-electron chi connectivity index (χ1n) is 10.6. The maximum atomic E-state index is 11.4. The van der Waals surface area contributed by atoms with Gasteiger partial charge in [-0.25, -0.2) is 8.42 Å². The average molecular weight is 401 g/mol. The number of rotatable bonds is 19. The van der Waals surface area contributed by atoms with Gasteiger partial charge in [-0.1, -0.05) is 96.8 Å². The fraction of sp³-hybridized carbons (Fsp3) is 1.00. The van der Waals surface area contributed by atoms with Crippen molar-refractivity contribution in [2.24, 2.45) is 0 Å². The van der Waals surface area contributed by atoms with Crippen LogP contribution in [0.3, 0.4) is 0 Å². The third-order valence-electron chi connectivity index (χ3n) is 4.97. The third-order valence-corrected chi connectivity index (χ3v) is 6.26. The summed E-state index contributed by atoms with van der Waals surface area (Å²) in [6, 6.07) is 0. The molecule has 1 unspecified atom stereocenters. The molecule has 0 aromatic rings. The van der Waals surface area contributed by atoms with Crippen LogP contribution in [0.5, 0.6) is 0 Å². The zero-order chi connectivity index (χ0) is 18.8. The van der Waals surface area contributed by atoms with Crippen LogP contribution in [0.15, 0.2) is 0 Å². The van der Waals surface area contributed by atoms with Gasteiger partial charge < -0.3 is 9.66 Å². The minimum Gasteiger partial charge on any atom is -0.748 e. The van der Waals surface area contributed by atoms with E-state index in [0.29, 0.717) is 19.4 Å². The largest absolute Gasteiger partial charge is 1.00 e. The summed E-state index contributed by atoms with van der Waals surface area (Å²) in [4.78, 5) is 0. The fourth-order valence-electron chi connectivity index (χ4n) is 3.31. The van der Waals surface area contributed by atoms with Gasteiger partial charge in [0.2, 0.25) is 0 Å². The van der Waals surface area contributed by atoms with Gasteiger partial charge >= 0.3 is 29.6 Å². The summed E-state index contributed by atoms with van der Waals surface area (Å²) < 4.78 is 34.2. The SMILES string of the molecule is CCCCCCCC(CCCCCCCCCCCCO)S(=O)(=O)[O-].[Na+]. The summed E-state index contributed by atoms with van der Waals surface area (Å²) in [5.41, 5.74) is 0. The van der Waals surface area contributed by atoms with Gasteiger partial charge in [-0.05, 0) is 19.3 Å². The van der Waals surface area contributed by atoms with Crippen LogP contribution in [0.2, 0.25) is 0 Å². The molecule has 0 saturated carbocycles. The van der Waals surface area contributed by atoms with Crippen LogP contribution in [0.25, 0.3) is 0 Å². The molecular weight excluding hydrogens is 359 g/mol. The van der Waals surface area contributed by atoms with Gasteiger partial charge in [0.1, 0.15) is 0 Å². The maximum Gasteiger partial charge on any atom is 1.00 e. The smallest absolute Gasteiger partial charge is 0.748 e. The van der Waals surface area contributed by atoms with E-state index in [4.69, 9.17) is 5.11 Å². The normalized spacial score (nSPS) is 12.7. The molecule has 0 rings (SSSR count). The van der Waals surface area contributed by atoms with Gasteiger partial charge in [0.25, 0.3) is 0 Å². The summed E-state index contributed by atoms with van der Waals surface area (Å²) in [5.74, 6) is 0. The van der Waals surface area contributed by atoms with Gasteiger partial charge in [0.05, 0.1) is 10.1 Å². The third kappa shape index (κ3) is 19.6. The standard InChI is InChI=1S/C20H42O4S.Na/c1-2-3-4-11-14-17-20(25(22,23)24)18-15-12-9-7-5-6-8-10-13-16-19-21;/h20-21H,2-19H2,1H3,(H,22,23,24);/q;+1/p-1. The van der Waals surface area contributed by atoms with Gasteiger partial charge in [0, 0.05) is 11.9 Å². The Hall–Kier alpha value is 0.870. The average Bonchev–Trinajstić information content (AvgIpc) is 2.56. The van der Waals surface area contributed by atoms with Gasteiger partial charge in [0.15, 0.2) is 0 Å². The van der Waals surface area contributed by atoms with E-state index in [1.807, 2.05) is 0 Å². The van der Waals surface area contributed by atoms with Crippen LogP contribution in [0, 0.1) is 0 Å². The second-order valence-corrected chi connectivity index (χ2v) is 9.02. The number of hydrogen-bond donors (Lipinski definition) is 1. The molecule has 0 heterocycles. The predicted octanol–water partition coefficient (Wildman–Crippen LogP) is 2.55. The molecule has 0 bridgehead atoms.